The summed E-state index contributed by atoms with van der Waals surface area (Å²) in [5, 5.41) is 1.99. The fourth-order valence-electron chi connectivity index (χ4n) is 4.50. The van der Waals surface area contributed by atoms with Crippen LogP contribution in [-0.4, -0.2) is 24.3 Å². The lowest BCUT2D eigenvalue weighted by Gasteiger charge is -2.25. The van der Waals surface area contributed by atoms with Crippen molar-refractivity contribution in [2.24, 2.45) is 4.99 Å². The van der Waals surface area contributed by atoms with Crippen LogP contribution in [0.25, 0.3) is 16.8 Å². The zero-order chi connectivity index (χ0) is 25.4. The highest BCUT2D eigenvalue weighted by Crippen LogP contribution is 2.34. The topological polar surface area (TPSA) is 69.9 Å². The molecule has 0 aliphatic carbocycles. The van der Waals surface area contributed by atoms with E-state index in [9.17, 15) is 9.59 Å². The van der Waals surface area contributed by atoms with Crippen molar-refractivity contribution in [3.63, 3.8) is 0 Å². The second kappa shape index (κ2) is 9.87. The maximum atomic E-state index is 13.8. The first-order valence-electron chi connectivity index (χ1n) is 11.4. The third-order valence-corrected chi connectivity index (χ3v) is 7.71. The summed E-state index contributed by atoms with van der Waals surface area (Å²) >= 11 is 4.81. The predicted molar refractivity (Wildman–Crippen MR) is 145 cm³/mol. The Balaban J connectivity index is 1.77. The number of rotatable bonds is 5. The van der Waals surface area contributed by atoms with E-state index < -0.39 is 12.0 Å². The van der Waals surface area contributed by atoms with Gasteiger partial charge in [-0.15, -0.1) is 0 Å². The highest BCUT2D eigenvalue weighted by atomic mass is 79.9. The molecule has 0 saturated heterocycles. The minimum Gasteiger partial charge on any atom is -0.496 e. The third kappa shape index (κ3) is 4.20. The van der Waals surface area contributed by atoms with Crippen LogP contribution in [0.2, 0.25) is 0 Å². The molecule has 0 unspecified atom stereocenters. The first-order valence-corrected chi connectivity index (χ1v) is 13.0. The number of ether oxygens (including phenoxy) is 2. The van der Waals surface area contributed by atoms with Gasteiger partial charge in [-0.1, -0.05) is 59.9 Å². The zero-order valence-corrected chi connectivity index (χ0v) is 22.4. The highest BCUT2D eigenvalue weighted by Gasteiger charge is 2.34. The van der Waals surface area contributed by atoms with Crippen molar-refractivity contribution in [1.82, 2.24) is 4.57 Å². The predicted octanol–water partition coefficient (Wildman–Crippen LogP) is 4.72. The number of allylic oxidation sites excluding steroid dienone is 1. The average molecular weight is 563 g/mol. The molecular weight excluding hydrogens is 540 g/mol. The summed E-state index contributed by atoms with van der Waals surface area (Å²) in [5.74, 6) is 0.240. The molecule has 1 aliphatic heterocycles. The van der Waals surface area contributed by atoms with Gasteiger partial charge in [0.05, 0.1) is 40.0 Å². The van der Waals surface area contributed by atoms with E-state index >= 15 is 0 Å². The number of carbonyl (C=O) groups is 1. The summed E-state index contributed by atoms with van der Waals surface area (Å²) in [6.07, 6.45) is 1.83. The van der Waals surface area contributed by atoms with Gasteiger partial charge in [0.2, 0.25) is 0 Å². The van der Waals surface area contributed by atoms with E-state index in [0.29, 0.717) is 26.4 Å². The molecule has 182 valence electrons. The number of fused-ring (bicyclic) bond motifs is 2. The van der Waals surface area contributed by atoms with Crippen LogP contribution in [0.15, 0.2) is 86.2 Å². The van der Waals surface area contributed by atoms with Crippen LogP contribution in [0.3, 0.4) is 0 Å². The van der Waals surface area contributed by atoms with Gasteiger partial charge in [0, 0.05) is 0 Å². The summed E-state index contributed by atoms with van der Waals surface area (Å²) in [6, 6.07) is 18.8. The maximum absolute atomic E-state index is 13.8. The van der Waals surface area contributed by atoms with Crippen molar-refractivity contribution in [1.29, 1.82) is 0 Å². The summed E-state index contributed by atoms with van der Waals surface area (Å²) in [7, 11) is 1.61. The number of esters is 1. The minimum atomic E-state index is -0.656. The van der Waals surface area contributed by atoms with E-state index in [2.05, 4.69) is 20.9 Å². The Morgan fingerprint density at radius 1 is 1.17 bits per heavy atom. The van der Waals surface area contributed by atoms with Crippen molar-refractivity contribution in [3.05, 3.63) is 107 Å². The molecule has 3 aromatic carbocycles. The van der Waals surface area contributed by atoms with Gasteiger partial charge in [-0.2, -0.15) is 0 Å². The maximum Gasteiger partial charge on any atom is 0.338 e. The minimum absolute atomic E-state index is 0.210. The molecule has 0 fully saturated rings. The Bertz CT molecular complexity index is 1710. The lowest BCUT2D eigenvalue weighted by molar-refractivity contribution is -0.139. The second-order valence-corrected chi connectivity index (χ2v) is 10.1. The van der Waals surface area contributed by atoms with Gasteiger partial charge < -0.3 is 9.47 Å². The van der Waals surface area contributed by atoms with Crippen LogP contribution >= 0.6 is 27.3 Å². The van der Waals surface area contributed by atoms with Crippen LogP contribution < -0.4 is 19.6 Å². The van der Waals surface area contributed by atoms with Crippen LogP contribution in [-0.2, 0) is 9.53 Å². The molecular formula is C28H23BrN2O4S. The number of hydrogen-bond acceptors (Lipinski definition) is 6. The van der Waals surface area contributed by atoms with Gasteiger partial charge >= 0.3 is 5.97 Å². The fourth-order valence-corrected chi connectivity index (χ4v) is 6.10. The number of thiazole rings is 1. The van der Waals surface area contributed by atoms with E-state index in [4.69, 9.17) is 9.47 Å². The van der Waals surface area contributed by atoms with E-state index in [1.807, 2.05) is 66.7 Å². The van der Waals surface area contributed by atoms with Crippen molar-refractivity contribution >= 4 is 50.1 Å². The van der Waals surface area contributed by atoms with E-state index in [1.165, 1.54) is 11.3 Å². The largest absolute Gasteiger partial charge is 0.496 e. The number of halogens is 1. The molecule has 36 heavy (non-hydrogen) atoms. The lowest BCUT2D eigenvalue weighted by atomic mass is 9.91. The molecule has 0 amide bonds. The quantitative estimate of drug-likeness (QED) is 0.330. The Morgan fingerprint density at radius 2 is 1.94 bits per heavy atom. The number of nitrogens with zero attached hydrogens (tertiary/aromatic N) is 2. The lowest BCUT2D eigenvalue weighted by Crippen LogP contribution is -2.40. The summed E-state index contributed by atoms with van der Waals surface area (Å²) in [5.41, 5.74) is 2.41. The van der Waals surface area contributed by atoms with Crippen LogP contribution in [0.4, 0.5) is 0 Å². The number of methoxy groups -OCH3 is 1. The number of aromatic nitrogens is 1. The molecule has 0 spiro atoms. The monoisotopic (exact) mass is 562 g/mol. The number of benzene rings is 3. The van der Waals surface area contributed by atoms with E-state index in [1.54, 1.807) is 25.5 Å². The molecule has 6 nitrogen and oxygen atoms in total. The molecule has 8 heteroatoms. The third-order valence-electron chi connectivity index (χ3n) is 6.11. The first kappa shape index (κ1) is 24.2. The van der Waals surface area contributed by atoms with Crippen LogP contribution in [0, 0.1) is 0 Å². The molecule has 0 saturated carbocycles. The van der Waals surface area contributed by atoms with Gasteiger partial charge in [-0.05, 0) is 69.9 Å². The molecule has 1 aromatic heterocycles. The Labute approximate surface area is 220 Å². The first-order chi connectivity index (χ1) is 17.4. The van der Waals surface area contributed by atoms with Gasteiger partial charge in [0.15, 0.2) is 4.80 Å². The summed E-state index contributed by atoms with van der Waals surface area (Å²) in [6.45, 7) is 3.79. The number of hydrogen-bond donors (Lipinski definition) is 0. The van der Waals surface area contributed by atoms with E-state index in [0.717, 1.165) is 26.4 Å². The zero-order valence-electron chi connectivity index (χ0n) is 19.9. The molecule has 0 radical (unpaired) electrons. The van der Waals surface area contributed by atoms with E-state index in [-0.39, 0.29) is 12.2 Å². The second-order valence-electron chi connectivity index (χ2n) is 8.26. The van der Waals surface area contributed by atoms with Gasteiger partial charge in [0.25, 0.3) is 5.56 Å². The number of carbonyl (C=O) groups excluding carboxylic acids is 1. The highest BCUT2D eigenvalue weighted by molar-refractivity contribution is 9.10. The molecule has 4 aromatic rings. The molecule has 0 bridgehead atoms. The SMILES string of the molecule is CCOC(=O)C1=C(C)N=c2s/c(=C\c3ccc(OC)c(Br)c3)c(=O)n2[C@@H]1c1cccc2ccccc12. The van der Waals surface area contributed by atoms with Crippen molar-refractivity contribution < 1.29 is 14.3 Å². The van der Waals surface area contributed by atoms with Crippen LogP contribution in [0.1, 0.15) is 31.0 Å². The van der Waals surface area contributed by atoms with Gasteiger partial charge in [-0.3, -0.25) is 9.36 Å². The summed E-state index contributed by atoms with van der Waals surface area (Å²) < 4.78 is 13.7. The molecule has 0 N–H and O–H groups in total. The van der Waals surface area contributed by atoms with Crippen molar-refractivity contribution in [3.8, 4) is 5.75 Å². The Hall–Kier alpha value is -3.49. The fraction of sp³-hybridized carbons (Fsp3) is 0.179. The molecule has 5 rings (SSSR count). The molecule has 1 aliphatic rings. The smallest absolute Gasteiger partial charge is 0.338 e. The average Bonchev–Trinajstić information content (AvgIpc) is 3.17. The Morgan fingerprint density at radius 3 is 2.69 bits per heavy atom. The Kier molecular flexibility index (Phi) is 6.64. The molecule has 2 heterocycles. The van der Waals surface area contributed by atoms with Gasteiger partial charge in [0.1, 0.15) is 5.75 Å². The molecule has 1 atom stereocenters. The van der Waals surface area contributed by atoms with Crippen molar-refractivity contribution in [2.75, 3.05) is 13.7 Å². The normalized spacial score (nSPS) is 15.6. The van der Waals surface area contributed by atoms with Gasteiger partial charge in [-0.25, -0.2) is 9.79 Å². The van der Waals surface area contributed by atoms with Crippen molar-refractivity contribution in [2.45, 2.75) is 19.9 Å². The van der Waals surface area contributed by atoms with Crippen LogP contribution in [0.5, 0.6) is 5.75 Å². The summed E-state index contributed by atoms with van der Waals surface area (Å²) in [4.78, 5) is 32.2. The standard InChI is InChI=1S/C28H23BrN2O4S/c1-4-35-27(33)24-16(2)30-28-31(25(24)20-11-7-9-18-8-5-6-10-19(18)20)26(32)23(36-28)15-17-12-13-22(34-3)21(29)14-17/h5-15,25H,4H2,1-3H3/b23-15-/t25-/m1/s1.